The Morgan fingerprint density at radius 2 is 0.456 bits per heavy atom. The Bertz CT molecular complexity index is 6390. The first-order chi connectivity index (χ1) is 65.1. The largest absolute Gasteiger partial charge is 0.391 e. The number of nitrogens with zero attached hydrogens (tertiary/aromatic N) is 20. The van der Waals surface area contributed by atoms with Gasteiger partial charge in [0.1, 0.15) is 23.3 Å². The zero-order chi connectivity index (χ0) is 95.9. The van der Waals surface area contributed by atoms with Gasteiger partial charge in [0, 0.05) is 71.2 Å². The highest BCUT2D eigenvalue weighted by Crippen LogP contribution is 2.40. The SMILES string of the molecule is Cc1cn(-c2ccc(/C=C/c3nc4n(n3)C[C@@H](O)C[C@@H]4c3cc(F)c(F)c(F)c3)cc2C)cn1.Cc1cn(-c2ccc(/C=C/c3nc4n(n3)C[C@@H](O)C[C@H]4c3cc(F)c(F)c(F)c3)cc2C)cn1.Cc1cn(-c2ccc(/C=C/c3nc4n(n3)C[C@H](O)CC4c3cc(F)c(F)c(F)c3)cc2C)cn1.Cc1cn(-c2ccc(/C=C/c3nc4n(n3)C[C@H](O)C[C@@H]4c3cc(F)c(F)c(F)c3)cc2C)cn1. The molecular formula is C100H88F12N20O4. The van der Waals surface area contributed by atoms with Crippen molar-refractivity contribution in [3.63, 3.8) is 0 Å². The van der Waals surface area contributed by atoms with Gasteiger partial charge in [0.2, 0.25) is 0 Å². The lowest BCUT2D eigenvalue weighted by Gasteiger charge is -2.26. The van der Waals surface area contributed by atoms with Crippen LogP contribution in [0.3, 0.4) is 0 Å². The van der Waals surface area contributed by atoms with Gasteiger partial charge in [0.05, 0.1) is 98.7 Å². The third-order valence-corrected chi connectivity index (χ3v) is 23.9. The highest BCUT2D eigenvalue weighted by molar-refractivity contribution is 5.71. The molecule has 0 amide bonds. The fourth-order valence-electron chi connectivity index (χ4n) is 17.4. The van der Waals surface area contributed by atoms with Crippen molar-refractivity contribution in [3.05, 3.63) is 377 Å². The van der Waals surface area contributed by atoms with Crippen LogP contribution in [0.15, 0.2) is 171 Å². The number of fused-ring (bicyclic) bond motifs is 4. The number of imidazole rings is 4. The van der Waals surface area contributed by atoms with Crippen LogP contribution in [0.2, 0.25) is 0 Å². The first kappa shape index (κ1) is 92.9. The minimum absolute atomic E-state index is 0.209. The minimum atomic E-state index is -1.52. The molecule has 24 nitrogen and oxygen atoms in total. The number of aliphatic hydroxyl groups excluding tert-OH is 4. The molecule has 0 fully saturated rings. The Hall–Kier alpha value is -14.9. The third-order valence-electron chi connectivity index (χ3n) is 23.9. The van der Waals surface area contributed by atoms with Gasteiger partial charge in [0.15, 0.2) is 93.1 Å². The second-order valence-electron chi connectivity index (χ2n) is 34.2. The lowest BCUT2D eigenvalue weighted by atomic mass is 9.89. The van der Waals surface area contributed by atoms with Gasteiger partial charge >= 0.3 is 0 Å². The van der Waals surface area contributed by atoms with Gasteiger partial charge in [-0.15, -0.1) is 0 Å². The molecule has 16 aromatic rings. The van der Waals surface area contributed by atoms with Crippen molar-refractivity contribution < 1.29 is 73.1 Å². The van der Waals surface area contributed by atoms with Crippen molar-refractivity contribution in [1.82, 2.24) is 97.3 Å². The van der Waals surface area contributed by atoms with Crippen molar-refractivity contribution in [3.8, 4) is 22.7 Å². The van der Waals surface area contributed by atoms with Crippen LogP contribution in [-0.4, -0.2) is 142 Å². The smallest absolute Gasteiger partial charge is 0.194 e. The summed E-state index contributed by atoms with van der Waals surface area (Å²) < 4.78 is 178. The molecule has 0 saturated carbocycles. The highest BCUT2D eigenvalue weighted by atomic mass is 19.2. The topological polar surface area (TPSA) is 275 Å². The van der Waals surface area contributed by atoms with Gasteiger partial charge in [-0.1, -0.05) is 48.6 Å². The van der Waals surface area contributed by atoms with Crippen LogP contribution < -0.4 is 0 Å². The number of hydrogen-bond acceptors (Lipinski definition) is 16. The number of halogens is 12. The summed E-state index contributed by atoms with van der Waals surface area (Å²) in [7, 11) is 0. The van der Waals surface area contributed by atoms with Gasteiger partial charge in [0.25, 0.3) is 0 Å². The lowest BCUT2D eigenvalue weighted by molar-refractivity contribution is 0.116. The number of rotatable bonds is 16. The molecule has 8 aromatic heterocycles. The van der Waals surface area contributed by atoms with Crippen LogP contribution in [0.5, 0.6) is 0 Å². The molecule has 136 heavy (non-hydrogen) atoms. The van der Waals surface area contributed by atoms with E-state index >= 15 is 0 Å². The highest BCUT2D eigenvalue weighted by Gasteiger charge is 2.37. The summed E-state index contributed by atoms with van der Waals surface area (Å²) in [4.78, 5) is 35.2. The van der Waals surface area contributed by atoms with E-state index in [0.29, 0.717) is 46.6 Å². The third kappa shape index (κ3) is 20.4. The van der Waals surface area contributed by atoms with E-state index in [1.54, 1.807) is 49.6 Å². The van der Waals surface area contributed by atoms with Crippen molar-refractivity contribution in [1.29, 1.82) is 0 Å². The van der Waals surface area contributed by atoms with E-state index in [1.807, 2.05) is 196 Å². The normalized spacial score (nSPS) is 17.9. The molecule has 1 unspecified atom stereocenters. The Labute approximate surface area is 770 Å². The van der Waals surface area contributed by atoms with Crippen LogP contribution in [0, 0.1) is 125 Å². The van der Waals surface area contributed by atoms with Gasteiger partial charge < -0.3 is 38.7 Å². The molecule has 0 saturated heterocycles. The maximum absolute atomic E-state index is 13.8. The standard InChI is InChI=1S/4C25H22F3N5O/c4*1-14-7-16(3-5-22(14)32-11-15(2)29-13-32)4-6-23-30-25-19(10-18(34)12-33(25)31-23)17-8-20(26)24(28)21(27)9-17/h4*3-9,11,13,18-19,34H,10,12H2,1-2H3/b4*6-4+/t18-,19?;18-,19+;2*18-,19-/m1010/s1. The molecule has 0 bridgehead atoms. The molecule has 8 aromatic carbocycles. The molecule has 0 aliphatic carbocycles. The fourth-order valence-corrected chi connectivity index (χ4v) is 17.4. The number of hydrogen-bond donors (Lipinski definition) is 4. The fraction of sp³-hybridized carbons (Fsp3) is 0.240. The molecule has 4 aliphatic rings. The molecule has 0 spiro atoms. The summed E-state index contributed by atoms with van der Waals surface area (Å²) in [5, 5.41) is 58.8. The Kier molecular flexibility index (Phi) is 26.6. The summed E-state index contributed by atoms with van der Waals surface area (Å²) in [6.07, 6.45) is 27.2. The number of aryl methyl sites for hydroxylation is 8. The Balaban J connectivity index is 0.000000126. The van der Waals surface area contributed by atoms with Crippen molar-refractivity contribution >= 4 is 48.6 Å². The first-order valence-corrected chi connectivity index (χ1v) is 43.4. The van der Waals surface area contributed by atoms with E-state index in [-0.39, 0.29) is 74.1 Å². The van der Waals surface area contributed by atoms with E-state index in [0.717, 1.165) is 139 Å². The first-order valence-electron chi connectivity index (χ1n) is 43.4. The average molecular weight is 1860 g/mol. The zero-order valence-electron chi connectivity index (χ0n) is 74.3. The summed E-state index contributed by atoms with van der Waals surface area (Å²) in [6, 6.07) is 31.6. The van der Waals surface area contributed by atoms with Gasteiger partial charge in [-0.05, 0) is 269 Å². The van der Waals surface area contributed by atoms with E-state index in [1.165, 1.54) is 18.7 Å². The van der Waals surface area contributed by atoms with Crippen molar-refractivity contribution in [2.45, 2.75) is 155 Å². The van der Waals surface area contributed by atoms with Crippen LogP contribution in [0.1, 0.15) is 185 Å². The summed E-state index contributed by atoms with van der Waals surface area (Å²) >= 11 is 0. The number of aromatic nitrogens is 20. The molecule has 36 heteroatoms. The van der Waals surface area contributed by atoms with Gasteiger partial charge in [-0.25, -0.2) is 111 Å². The van der Waals surface area contributed by atoms with Gasteiger partial charge in [-0.2, -0.15) is 20.4 Å². The molecule has 8 atom stereocenters. The van der Waals surface area contributed by atoms with Crippen LogP contribution in [0.4, 0.5) is 52.7 Å². The molecular weight excluding hydrogens is 1770 g/mol. The molecule has 4 aliphatic heterocycles. The second kappa shape index (κ2) is 39.0. The lowest BCUT2D eigenvalue weighted by Crippen LogP contribution is -2.29. The second-order valence-corrected chi connectivity index (χ2v) is 34.2. The molecule has 4 N–H and O–H groups in total. The quantitative estimate of drug-likeness (QED) is 0.0517. The predicted molar refractivity (Wildman–Crippen MR) is 483 cm³/mol. The minimum Gasteiger partial charge on any atom is -0.391 e. The van der Waals surface area contributed by atoms with Crippen LogP contribution in [-0.2, 0) is 26.2 Å². The van der Waals surface area contributed by atoms with Crippen molar-refractivity contribution in [2.75, 3.05) is 0 Å². The van der Waals surface area contributed by atoms with E-state index in [2.05, 4.69) is 60.3 Å². The predicted octanol–water partition coefficient (Wildman–Crippen LogP) is 18.3. The van der Waals surface area contributed by atoms with Crippen LogP contribution >= 0.6 is 0 Å². The number of benzene rings is 8. The maximum atomic E-state index is 13.8. The molecule has 12 heterocycles. The number of aliphatic hydroxyl groups is 4. The summed E-state index contributed by atoms with van der Waals surface area (Å²) in [6.45, 7) is 16.7. The average Bonchev–Trinajstić information content (AvgIpc) is 1.60. The summed E-state index contributed by atoms with van der Waals surface area (Å²) in [5.41, 5.74) is 16.8. The summed E-state index contributed by atoms with van der Waals surface area (Å²) in [5.74, 6) is -15.2. The maximum Gasteiger partial charge on any atom is 0.194 e. The molecule has 20 rings (SSSR count). The Morgan fingerprint density at radius 1 is 0.265 bits per heavy atom. The molecule has 696 valence electrons. The van der Waals surface area contributed by atoms with Crippen molar-refractivity contribution in [2.24, 2.45) is 0 Å². The Morgan fingerprint density at radius 3 is 0.625 bits per heavy atom. The zero-order valence-corrected chi connectivity index (χ0v) is 74.3. The van der Waals surface area contributed by atoms with E-state index in [9.17, 15) is 73.1 Å². The van der Waals surface area contributed by atoms with Gasteiger partial charge in [-0.3, -0.25) is 0 Å². The monoisotopic (exact) mass is 1860 g/mol. The van der Waals surface area contributed by atoms with Crippen LogP contribution in [0.25, 0.3) is 71.4 Å². The molecule has 0 radical (unpaired) electrons. The van der Waals surface area contributed by atoms with E-state index < -0.39 is 118 Å². The van der Waals surface area contributed by atoms with E-state index in [4.69, 9.17) is 0 Å².